The number of hydrogen-bond acceptors (Lipinski definition) is 1. The van der Waals surface area contributed by atoms with Crippen molar-refractivity contribution in [2.75, 3.05) is 5.01 Å². The molecule has 17 heavy (non-hydrogen) atoms. The van der Waals surface area contributed by atoms with E-state index in [9.17, 15) is 4.79 Å². The monoisotopic (exact) mass is 231 g/mol. The number of carbonyl (C=O) groups is 1. The lowest BCUT2D eigenvalue weighted by Crippen LogP contribution is -2.46. The minimum Gasteiger partial charge on any atom is -0.268 e. The molecule has 0 unspecified atom stereocenters. The molecule has 1 aromatic carbocycles. The standard InChI is InChI=1S/C14H19N2O/c1-11-10-13(17)15(16(11)14(2,3)4)12-8-6-5-7-9-12/h5-9H,10H2,1-4H3/q+1. The first-order chi connectivity index (χ1) is 7.91. The van der Waals surface area contributed by atoms with Gasteiger partial charge in [-0.3, -0.25) is 4.79 Å². The Morgan fingerprint density at radius 1 is 1.18 bits per heavy atom. The van der Waals surface area contributed by atoms with Crippen LogP contribution in [-0.2, 0) is 4.79 Å². The van der Waals surface area contributed by atoms with E-state index in [0.29, 0.717) is 6.42 Å². The third-order valence-electron chi connectivity index (χ3n) is 2.84. The quantitative estimate of drug-likeness (QED) is 0.681. The van der Waals surface area contributed by atoms with Gasteiger partial charge < -0.3 is 0 Å². The van der Waals surface area contributed by atoms with Gasteiger partial charge >= 0.3 is 0 Å². The van der Waals surface area contributed by atoms with Gasteiger partial charge in [-0.25, -0.2) is 0 Å². The summed E-state index contributed by atoms with van der Waals surface area (Å²) >= 11 is 0. The Balaban J connectivity index is 2.49. The van der Waals surface area contributed by atoms with Gasteiger partial charge in [0.2, 0.25) is 0 Å². The Morgan fingerprint density at radius 3 is 2.29 bits per heavy atom. The number of hydrazine groups is 1. The van der Waals surface area contributed by atoms with Crippen LogP contribution in [0.5, 0.6) is 0 Å². The van der Waals surface area contributed by atoms with Crippen LogP contribution < -0.4 is 5.01 Å². The van der Waals surface area contributed by atoms with Crippen LogP contribution in [0.15, 0.2) is 30.3 Å². The average Bonchev–Trinajstić information content (AvgIpc) is 2.54. The summed E-state index contributed by atoms with van der Waals surface area (Å²) in [7, 11) is 0. The molecule has 1 amide bonds. The molecule has 0 atom stereocenters. The zero-order valence-electron chi connectivity index (χ0n) is 10.9. The molecule has 0 saturated heterocycles. The van der Waals surface area contributed by atoms with E-state index in [4.69, 9.17) is 0 Å². The van der Waals surface area contributed by atoms with Gasteiger partial charge in [0, 0.05) is 27.7 Å². The van der Waals surface area contributed by atoms with E-state index in [1.54, 1.807) is 5.01 Å². The normalized spacial score (nSPS) is 16.9. The van der Waals surface area contributed by atoms with Crippen LogP contribution in [0.25, 0.3) is 0 Å². The molecule has 2 rings (SSSR count). The summed E-state index contributed by atoms with van der Waals surface area (Å²) in [5, 5.41) is 1.79. The molecule has 0 radical (unpaired) electrons. The van der Waals surface area contributed by atoms with Crippen LogP contribution in [0.4, 0.5) is 5.69 Å². The van der Waals surface area contributed by atoms with Crippen LogP contribution in [-0.4, -0.2) is 21.8 Å². The zero-order chi connectivity index (χ0) is 12.6. The number of amides is 1. The molecule has 0 bridgehead atoms. The van der Waals surface area contributed by atoms with Gasteiger partial charge in [0.15, 0.2) is 11.3 Å². The van der Waals surface area contributed by atoms with Crippen molar-refractivity contribution < 1.29 is 9.48 Å². The molecule has 1 aliphatic heterocycles. The number of benzene rings is 1. The minimum absolute atomic E-state index is 0.0912. The molecule has 1 aromatic rings. The zero-order valence-corrected chi connectivity index (χ0v) is 10.9. The first-order valence-corrected chi connectivity index (χ1v) is 5.92. The van der Waals surface area contributed by atoms with E-state index < -0.39 is 0 Å². The fraction of sp³-hybridized carbons (Fsp3) is 0.429. The van der Waals surface area contributed by atoms with Crippen LogP contribution >= 0.6 is 0 Å². The highest BCUT2D eigenvalue weighted by Gasteiger charge is 2.43. The fourth-order valence-corrected chi connectivity index (χ4v) is 2.35. The first kappa shape index (κ1) is 11.8. The van der Waals surface area contributed by atoms with E-state index in [2.05, 4.69) is 25.5 Å². The predicted molar refractivity (Wildman–Crippen MR) is 69.2 cm³/mol. The third kappa shape index (κ3) is 2.09. The second-order valence-electron chi connectivity index (χ2n) is 5.44. The second-order valence-corrected chi connectivity index (χ2v) is 5.44. The van der Waals surface area contributed by atoms with Crippen LogP contribution in [0.3, 0.4) is 0 Å². The van der Waals surface area contributed by atoms with E-state index in [1.165, 1.54) is 0 Å². The first-order valence-electron chi connectivity index (χ1n) is 5.92. The Kier molecular flexibility index (Phi) is 2.77. The Morgan fingerprint density at radius 2 is 1.76 bits per heavy atom. The SMILES string of the molecule is CC1=[N+](C(C)(C)C)N(c2ccccc2)C(=O)C1. The highest BCUT2D eigenvalue weighted by Crippen LogP contribution is 2.25. The number of para-hydroxylation sites is 1. The number of nitrogens with zero attached hydrogens (tertiary/aromatic N) is 2. The maximum atomic E-state index is 12.1. The van der Waals surface area contributed by atoms with Crippen LogP contribution in [0.2, 0.25) is 0 Å². The van der Waals surface area contributed by atoms with Crippen molar-refractivity contribution in [3.63, 3.8) is 0 Å². The van der Waals surface area contributed by atoms with E-state index in [-0.39, 0.29) is 11.4 Å². The lowest BCUT2D eigenvalue weighted by atomic mass is 10.1. The molecule has 0 aliphatic carbocycles. The van der Waals surface area contributed by atoms with Crippen molar-refractivity contribution in [3.8, 4) is 0 Å². The summed E-state index contributed by atoms with van der Waals surface area (Å²) in [4.78, 5) is 12.1. The molecular weight excluding hydrogens is 212 g/mol. The molecule has 1 aliphatic rings. The van der Waals surface area contributed by atoms with Crippen molar-refractivity contribution in [2.45, 2.75) is 39.7 Å². The highest BCUT2D eigenvalue weighted by molar-refractivity contribution is 6.07. The Labute approximate surface area is 102 Å². The summed E-state index contributed by atoms with van der Waals surface area (Å²) in [5.41, 5.74) is 1.95. The number of carbonyl (C=O) groups excluding carboxylic acids is 1. The fourth-order valence-electron chi connectivity index (χ4n) is 2.35. The topological polar surface area (TPSA) is 23.3 Å². The smallest absolute Gasteiger partial charge is 0.268 e. The molecule has 3 nitrogen and oxygen atoms in total. The van der Waals surface area contributed by atoms with Crippen molar-refractivity contribution in [1.29, 1.82) is 0 Å². The van der Waals surface area contributed by atoms with E-state index >= 15 is 0 Å². The van der Waals surface area contributed by atoms with Gasteiger partial charge in [0.25, 0.3) is 5.91 Å². The number of hydrogen-bond donors (Lipinski definition) is 0. The Hall–Kier alpha value is -1.64. The molecule has 0 saturated carbocycles. The molecule has 0 spiro atoms. The summed E-state index contributed by atoms with van der Waals surface area (Å²) < 4.78 is 2.09. The molecular formula is C14H19N2O+. The summed E-state index contributed by atoms with van der Waals surface area (Å²) in [5.74, 6) is 0.142. The molecule has 1 heterocycles. The second kappa shape index (κ2) is 3.99. The number of anilines is 1. The van der Waals surface area contributed by atoms with Crippen LogP contribution in [0.1, 0.15) is 34.1 Å². The van der Waals surface area contributed by atoms with Gasteiger partial charge in [0.05, 0.1) is 0 Å². The lowest BCUT2D eigenvalue weighted by molar-refractivity contribution is -0.595. The number of hydrazone groups is 1. The van der Waals surface area contributed by atoms with Crippen molar-refractivity contribution in [3.05, 3.63) is 30.3 Å². The Bertz CT molecular complexity index is 469. The van der Waals surface area contributed by atoms with Gasteiger partial charge in [-0.05, 0) is 12.1 Å². The lowest BCUT2D eigenvalue weighted by Gasteiger charge is -2.23. The average molecular weight is 231 g/mol. The number of rotatable bonds is 1. The summed E-state index contributed by atoms with van der Waals surface area (Å²) in [6.45, 7) is 8.37. The molecule has 3 heteroatoms. The molecule has 0 fully saturated rings. The molecule has 90 valence electrons. The van der Waals surface area contributed by atoms with E-state index in [0.717, 1.165) is 11.4 Å². The van der Waals surface area contributed by atoms with Gasteiger partial charge in [-0.1, -0.05) is 23.2 Å². The minimum atomic E-state index is -0.0912. The predicted octanol–water partition coefficient (Wildman–Crippen LogP) is 2.61. The van der Waals surface area contributed by atoms with Gasteiger partial charge in [-0.15, -0.1) is 4.68 Å². The molecule has 0 N–H and O–H groups in total. The van der Waals surface area contributed by atoms with Crippen molar-refractivity contribution in [1.82, 2.24) is 0 Å². The summed E-state index contributed by atoms with van der Waals surface area (Å²) in [6.07, 6.45) is 0.506. The summed E-state index contributed by atoms with van der Waals surface area (Å²) in [6, 6.07) is 9.81. The maximum Gasteiger partial charge on any atom is 0.293 e. The third-order valence-corrected chi connectivity index (χ3v) is 2.84. The largest absolute Gasteiger partial charge is 0.293 e. The van der Waals surface area contributed by atoms with Crippen molar-refractivity contribution >= 4 is 17.3 Å². The maximum absolute atomic E-state index is 12.1. The van der Waals surface area contributed by atoms with Gasteiger partial charge in [0.1, 0.15) is 12.1 Å². The molecule has 0 aromatic heterocycles. The van der Waals surface area contributed by atoms with Crippen molar-refractivity contribution in [2.24, 2.45) is 0 Å². The highest BCUT2D eigenvalue weighted by atomic mass is 16.2. The van der Waals surface area contributed by atoms with Gasteiger partial charge in [-0.2, -0.15) is 0 Å². The van der Waals surface area contributed by atoms with E-state index in [1.807, 2.05) is 37.3 Å². The van der Waals surface area contributed by atoms with Crippen LogP contribution in [0, 0.1) is 0 Å².